The molecule has 96 valence electrons. The van der Waals surface area contributed by atoms with Crippen LogP contribution in [0.25, 0.3) is 0 Å². The molecule has 0 amide bonds. The molecule has 0 saturated heterocycles. The van der Waals surface area contributed by atoms with Crippen LogP contribution in [-0.4, -0.2) is 36.6 Å². The molecule has 0 aliphatic carbocycles. The molecule has 1 aromatic rings. The van der Waals surface area contributed by atoms with Crippen LogP contribution in [0.2, 0.25) is 0 Å². The molecule has 1 aromatic heterocycles. The van der Waals surface area contributed by atoms with Gasteiger partial charge in [0.15, 0.2) is 0 Å². The summed E-state index contributed by atoms with van der Waals surface area (Å²) in [6, 6.07) is -0.379. The van der Waals surface area contributed by atoms with E-state index in [4.69, 9.17) is 0 Å². The molecule has 7 heteroatoms. The van der Waals surface area contributed by atoms with Crippen LogP contribution >= 0.6 is 0 Å². The first-order chi connectivity index (χ1) is 7.82. The molecule has 1 N–H and O–H groups in total. The van der Waals surface area contributed by atoms with E-state index in [-0.39, 0.29) is 6.04 Å². The van der Waals surface area contributed by atoms with Gasteiger partial charge in [0.2, 0.25) is 11.6 Å². The minimum atomic E-state index is -1.66. The predicted octanol–water partition coefficient (Wildman–Crippen LogP) is 2.00. The lowest BCUT2D eigenvalue weighted by Crippen LogP contribution is -2.30. The predicted molar refractivity (Wildman–Crippen MR) is 55.7 cm³/mol. The Morgan fingerprint density at radius 1 is 1.12 bits per heavy atom. The van der Waals surface area contributed by atoms with Crippen molar-refractivity contribution in [2.24, 2.45) is 0 Å². The van der Waals surface area contributed by atoms with Crippen LogP contribution in [0, 0.1) is 23.5 Å². The van der Waals surface area contributed by atoms with Gasteiger partial charge in [-0.2, -0.15) is 22.5 Å². The van der Waals surface area contributed by atoms with Crippen molar-refractivity contribution < 1.29 is 17.6 Å². The summed E-state index contributed by atoms with van der Waals surface area (Å²) >= 11 is 0. The fourth-order valence-corrected chi connectivity index (χ4v) is 1.45. The van der Waals surface area contributed by atoms with E-state index in [1.54, 1.807) is 25.9 Å². The Morgan fingerprint density at radius 2 is 1.59 bits per heavy atom. The van der Waals surface area contributed by atoms with Crippen LogP contribution in [0.1, 0.15) is 6.92 Å². The number of pyridine rings is 1. The van der Waals surface area contributed by atoms with Crippen molar-refractivity contribution in [3.8, 4) is 0 Å². The van der Waals surface area contributed by atoms with E-state index >= 15 is 0 Å². The standard InChI is InChI=1S/C10H13F4N3/c1-5(4-17(2)3)15-8-6(11)9(13)16-10(14)7(8)12/h5H,4H2,1-3H3,(H,15,16). The Balaban J connectivity index is 2.97. The quantitative estimate of drug-likeness (QED) is 0.655. The summed E-state index contributed by atoms with van der Waals surface area (Å²) in [6.45, 7) is 2.08. The topological polar surface area (TPSA) is 28.2 Å². The summed E-state index contributed by atoms with van der Waals surface area (Å²) in [5.41, 5.74) is -0.829. The molecule has 1 rings (SSSR count). The second kappa shape index (κ2) is 5.31. The van der Waals surface area contributed by atoms with E-state index in [0.29, 0.717) is 6.54 Å². The third kappa shape index (κ3) is 3.29. The molecule has 1 heterocycles. The fraction of sp³-hybridized carbons (Fsp3) is 0.500. The van der Waals surface area contributed by atoms with Crippen LogP contribution in [0.3, 0.4) is 0 Å². The average molecular weight is 251 g/mol. The number of hydrogen-bond donors (Lipinski definition) is 1. The zero-order chi connectivity index (χ0) is 13.2. The lowest BCUT2D eigenvalue weighted by molar-refractivity contribution is 0.385. The maximum Gasteiger partial charge on any atom is 0.253 e. The van der Waals surface area contributed by atoms with Gasteiger partial charge in [0, 0.05) is 12.6 Å². The highest BCUT2D eigenvalue weighted by Crippen LogP contribution is 2.22. The number of rotatable bonds is 4. The molecule has 0 aliphatic rings. The monoisotopic (exact) mass is 251 g/mol. The molecule has 0 radical (unpaired) electrons. The number of aromatic nitrogens is 1. The summed E-state index contributed by atoms with van der Waals surface area (Å²) in [5, 5.41) is 2.38. The minimum Gasteiger partial charge on any atom is -0.376 e. The third-order valence-electron chi connectivity index (χ3n) is 2.03. The largest absolute Gasteiger partial charge is 0.376 e. The van der Waals surface area contributed by atoms with Crippen LogP contribution in [-0.2, 0) is 0 Å². The highest BCUT2D eigenvalue weighted by Gasteiger charge is 2.21. The van der Waals surface area contributed by atoms with Gasteiger partial charge in [0.05, 0.1) is 0 Å². The highest BCUT2D eigenvalue weighted by atomic mass is 19.2. The van der Waals surface area contributed by atoms with Crippen molar-refractivity contribution in [2.45, 2.75) is 13.0 Å². The zero-order valence-electron chi connectivity index (χ0n) is 9.69. The van der Waals surface area contributed by atoms with E-state index in [9.17, 15) is 17.6 Å². The summed E-state index contributed by atoms with van der Waals surface area (Å²) in [6.07, 6.45) is 0. The lowest BCUT2D eigenvalue weighted by Gasteiger charge is -2.20. The Hall–Kier alpha value is -1.37. The SMILES string of the molecule is CC(CN(C)C)Nc1c(F)c(F)nc(F)c1F. The van der Waals surface area contributed by atoms with Crippen molar-refractivity contribution in [1.82, 2.24) is 9.88 Å². The second-order valence-corrected chi connectivity index (χ2v) is 4.00. The Kier molecular flexibility index (Phi) is 4.28. The maximum absolute atomic E-state index is 13.2. The highest BCUT2D eigenvalue weighted by molar-refractivity contribution is 5.46. The van der Waals surface area contributed by atoms with Gasteiger partial charge >= 0.3 is 0 Å². The van der Waals surface area contributed by atoms with Gasteiger partial charge in [0.25, 0.3) is 11.9 Å². The molecule has 0 fully saturated rings. The molecule has 0 spiro atoms. The van der Waals surface area contributed by atoms with Crippen molar-refractivity contribution in [1.29, 1.82) is 0 Å². The molecule has 3 nitrogen and oxygen atoms in total. The van der Waals surface area contributed by atoms with Gasteiger partial charge in [-0.1, -0.05) is 0 Å². The molecule has 1 atom stereocenters. The van der Waals surface area contributed by atoms with Crippen LogP contribution in [0.15, 0.2) is 0 Å². The van der Waals surface area contributed by atoms with Crippen LogP contribution in [0.5, 0.6) is 0 Å². The lowest BCUT2D eigenvalue weighted by atomic mass is 10.2. The molecule has 0 bridgehead atoms. The number of likely N-dealkylation sites (N-methyl/N-ethyl adjacent to an activating group) is 1. The Labute approximate surface area is 96.4 Å². The molecule has 17 heavy (non-hydrogen) atoms. The van der Waals surface area contributed by atoms with Gasteiger partial charge in [0.1, 0.15) is 5.69 Å². The first-order valence-corrected chi connectivity index (χ1v) is 4.94. The number of nitrogens with zero attached hydrogens (tertiary/aromatic N) is 2. The van der Waals surface area contributed by atoms with Crippen LogP contribution in [0.4, 0.5) is 23.2 Å². The summed E-state index contributed by atoms with van der Waals surface area (Å²) in [7, 11) is 3.53. The average Bonchev–Trinajstić information content (AvgIpc) is 2.20. The fourth-order valence-electron chi connectivity index (χ4n) is 1.45. The number of anilines is 1. The van der Waals surface area contributed by atoms with Gasteiger partial charge in [-0.3, -0.25) is 0 Å². The normalized spacial score (nSPS) is 12.9. The van der Waals surface area contributed by atoms with Gasteiger partial charge < -0.3 is 10.2 Å². The van der Waals surface area contributed by atoms with Gasteiger partial charge in [-0.15, -0.1) is 0 Å². The number of halogens is 4. The van der Waals surface area contributed by atoms with E-state index in [0.717, 1.165) is 0 Å². The van der Waals surface area contributed by atoms with E-state index in [1.807, 2.05) is 0 Å². The van der Waals surface area contributed by atoms with Crippen molar-refractivity contribution in [3.63, 3.8) is 0 Å². The van der Waals surface area contributed by atoms with Gasteiger partial charge in [-0.25, -0.2) is 0 Å². The molecular formula is C10H13F4N3. The molecular weight excluding hydrogens is 238 g/mol. The zero-order valence-corrected chi connectivity index (χ0v) is 9.69. The minimum absolute atomic E-state index is 0.379. The number of nitrogens with one attached hydrogen (secondary N) is 1. The maximum atomic E-state index is 13.2. The van der Waals surface area contributed by atoms with Crippen LogP contribution < -0.4 is 5.32 Å². The second-order valence-electron chi connectivity index (χ2n) is 4.00. The number of hydrogen-bond acceptors (Lipinski definition) is 3. The first-order valence-electron chi connectivity index (χ1n) is 4.94. The summed E-state index contributed by atoms with van der Waals surface area (Å²) in [4.78, 5) is 4.23. The Morgan fingerprint density at radius 3 is 2.00 bits per heavy atom. The van der Waals surface area contributed by atoms with E-state index in [1.165, 1.54) is 0 Å². The van der Waals surface area contributed by atoms with Crippen molar-refractivity contribution in [2.75, 3.05) is 26.0 Å². The van der Waals surface area contributed by atoms with Crippen molar-refractivity contribution >= 4 is 5.69 Å². The van der Waals surface area contributed by atoms with Gasteiger partial charge in [-0.05, 0) is 21.0 Å². The molecule has 0 saturated carbocycles. The first kappa shape index (κ1) is 13.7. The third-order valence-corrected chi connectivity index (χ3v) is 2.03. The summed E-state index contributed by atoms with van der Waals surface area (Å²) < 4.78 is 52.0. The molecule has 0 aliphatic heterocycles. The summed E-state index contributed by atoms with van der Waals surface area (Å²) in [5.74, 6) is -6.36. The molecule has 0 aromatic carbocycles. The van der Waals surface area contributed by atoms with E-state index < -0.39 is 29.2 Å². The smallest absolute Gasteiger partial charge is 0.253 e. The van der Waals surface area contributed by atoms with E-state index in [2.05, 4.69) is 10.3 Å². The Bertz CT molecular complexity index is 383. The van der Waals surface area contributed by atoms with Crippen molar-refractivity contribution in [3.05, 3.63) is 23.5 Å². The molecule has 1 unspecified atom stereocenters.